The van der Waals surface area contributed by atoms with Crippen molar-refractivity contribution in [2.24, 2.45) is 0 Å². The number of aromatic nitrogens is 4. The minimum Gasteiger partial charge on any atom is -0.456 e. The summed E-state index contributed by atoms with van der Waals surface area (Å²) in [6, 6.07) is 63.9. The molecule has 0 spiro atoms. The minimum absolute atomic E-state index is 0.600. The Balaban J connectivity index is 1.04. The van der Waals surface area contributed by atoms with Crippen molar-refractivity contribution in [3.8, 4) is 51.0 Å². The van der Waals surface area contributed by atoms with Crippen LogP contribution in [0.5, 0.6) is 0 Å². The number of benzene rings is 8. The van der Waals surface area contributed by atoms with Crippen molar-refractivity contribution >= 4 is 75.3 Å². The van der Waals surface area contributed by atoms with Gasteiger partial charge in [-0.25, -0.2) is 15.0 Å². The van der Waals surface area contributed by atoms with Crippen LogP contribution < -0.4 is 0 Å². The first-order chi connectivity index (χ1) is 28.2. The Kier molecular flexibility index (Phi) is 7.03. The minimum atomic E-state index is 0.600. The fourth-order valence-electron chi connectivity index (χ4n) is 8.41. The maximum absolute atomic E-state index is 6.52. The first kappa shape index (κ1) is 31.9. The lowest BCUT2D eigenvalue weighted by molar-refractivity contribution is 0.669. The number of hydrogen-bond acceptors (Lipinski definition) is 5. The van der Waals surface area contributed by atoms with Gasteiger partial charge in [0.2, 0.25) is 0 Å². The monoisotopic (exact) mass is 746 g/mol. The fourth-order valence-corrected chi connectivity index (χ4v) is 9.49. The van der Waals surface area contributed by atoms with Crippen LogP contribution in [0.4, 0.5) is 0 Å². The van der Waals surface area contributed by atoms with Crippen LogP contribution in [-0.2, 0) is 0 Å². The first-order valence-corrected chi connectivity index (χ1v) is 19.8. The molecule has 8 aromatic carbocycles. The number of para-hydroxylation sites is 2. The molecule has 0 radical (unpaired) electrons. The van der Waals surface area contributed by atoms with Crippen LogP contribution >= 0.6 is 11.3 Å². The van der Waals surface area contributed by atoms with Crippen LogP contribution in [0.3, 0.4) is 0 Å². The van der Waals surface area contributed by atoms with E-state index < -0.39 is 0 Å². The molecule has 12 rings (SSSR count). The lowest BCUT2D eigenvalue weighted by Gasteiger charge is -2.10. The molecule has 4 heterocycles. The van der Waals surface area contributed by atoms with Gasteiger partial charge in [-0.3, -0.25) is 0 Å². The van der Waals surface area contributed by atoms with E-state index in [0.29, 0.717) is 17.5 Å². The second kappa shape index (κ2) is 12.6. The van der Waals surface area contributed by atoms with Gasteiger partial charge in [0.15, 0.2) is 17.5 Å². The topological polar surface area (TPSA) is 56.7 Å². The Hall–Kier alpha value is -7.41. The predicted molar refractivity (Wildman–Crippen MR) is 236 cm³/mol. The van der Waals surface area contributed by atoms with E-state index in [1.807, 2.05) is 42.5 Å². The first-order valence-electron chi connectivity index (χ1n) is 19.0. The van der Waals surface area contributed by atoms with Gasteiger partial charge >= 0.3 is 0 Å². The maximum atomic E-state index is 6.52. The molecule has 57 heavy (non-hydrogen) atoms. The predicted octanol–water partition coefficient (Wildman–Crippen LogP) is 13.9. The van der Waals surface area contributed by atoms with Gasteiger partial charge in [-0.1, -0.05) is 109 Å². The number of rotatable bonds is 5. The second-order valence-electron chi connectivity index (χ2n) is 14.4. The molecule has 0 atom stereocenters. The zero-order chi connectivity index (χ0) is 37.5. The molecule has 0 saturated carbocycles. The molecule has 5 nitrogen and oxygen atoms in total. The largest absolute Gasteiger partial charge is 0.456 e. The second-order valence-corrected chi connectivity index (χ2v) is 15.5. The van der Waals surface area contributed by atoms with Crippen molar-refractivity contribution in [2.75, 3.05) is 0 Å². The van der Waals surface area contributed by atoms with Crippen LogP contribution in [-0.4, -0.2) is 19.5 Å². The highest BCUT2D eigenvalue weighted by atomic mass is 32.1. The highest BCUT2D eigenvalue weighted by Gasteiger charge is 2.20. The summed E-state index contributed by atoms with van der Waals surface area (Å²) in [4.78, 5) is 15.4. The third-order valence-corrected chi connectivity index (χ3v) is 12.2. The average molecular weight is 747 g/mol. The highest BCUT2D eigenvalue weighted by molar-refractivity contribution is 7.25. The molecule has 6 heteroatoms. The molecular weight excluding hydrogens is 717 g/mol. The van der Waals surface area contributed by atoms with Crippen molar-refractivity contribution in [1.82, 2.24) is 19.5 Å². The fraction of sp³-hybridized carbons (Fsp3) is 0. The summed E-state index contributed by atoms with van der Waals surface area (Å²) in [5, 5.41) is 6.87. The van der Waals surface area contributed by atoms with E-state index in [2.05, 4.69) is 144 Å². The summed E-state index contributed by atoms with van der Waals surface area (Å²) in [6.45, 7) is 0. The molecule has 0 unspecified atom stereocenters. The van der Waals surface area contributed by atoms with Crippen LogP contribution in [0.15, 0.2) is 186 Å². The number of thiophene rings is 1. The molecule has 4 aromatic heterocycles. The SMILES string of the molecule is c1ccc(-c2nc(-c3ccc4sc5ccccc5c4c3)nc(-c3cccc4oc5ccc(-c6ccc7c(c6)c6ccccc6n7-c6ccccc6)cc5c34)n2)cc1. The number of fused-ring (bicyclic) bond motifs is 9. The van der Waals surface area contributed by atoms with E-state index in [9.17, 15) is 0 Å². The van der Waals surface area contributed by atoms with Gasteiger partial charge < -0.3 is 8.98 Å². The summed E-state index contributed by atoms with van der Waals surface area (Å²) in [6.07, 6.45) is 0. The van der Waals surface area contributed by atoms with E-state index in [0.717, 1.165) is 55.4 Å². The van der Waals surface area contributed by atoms with Gasteiger partial charge in [-0.05, 0) is 83.9 Å². The number of nitrogens with zero attached hydrogens (tertiary/aromatic N) is 4. The van der Waals surface area contributed by atoms with Gasteiger partial charge in [-0.15, -0.1) is 11.3 Å². The lowest BCUT2D eigenvalue weighted by Crippen LogP contribution is -2.00. The van der Waals surface area contributed by atoms with E-state index in [1.54, 1.807) is 11.3 Å². The van der Waals surface area contributed by atoms with E-state index in [4.69, 9.17) is 19.4 Å². The van der Waals surface area contributed by atoms with Crippen molar-refractivity contribution in [2.45, 2.75) is 0 Å². The molecule has 0 N–H and O–H groups in total. The Morgan fingerprint density at radius 1 is 0.386 bits per heavy atom. The standard InChI is InChI=1S/C51H30N4OS/c1-3-12-31(13-4-1)49-52-50(34-24-27-47-40(30-34)37-17-8-10-21-46(37)57-47)54-51(53-49)38-18-11-20-45-48(38)41-29-33(23-26-44(41)56-45)32-22-25-43-39(28-32)36-16-7-9-19-42(36)55(43)35-14-5-2-6-15-35/h1-30H. The van der Waals surface area contributed by atoms with E-state index in [1.165, 1.54) is 42.0 Å². The van der Waals surface area contributed by atoms with Gasteiger partial charge in [0, 0.05) is 64.1 Å². The summed E-state index contributed by atoms with van der Waals surface area (Å²) in [7, 11) is 0. The van der Waals surface area contributed by atoms with Crippen molar-refractivity contribution in [1.29, 1.82) is 0 Å². The van der Waals surface area contributed by atoms with Crippen LogP contribution in [0.2, 0.25) is 0 Å². The van der Waals surface area contributed by atoms with Crippen molar-refractivity contribution < 1.29 is 4.42 Å². The van der Waals surface area contributed by atoms with Gasteiger partial charge in [-0.2, -0.15) is 0 Å². The molecule has 0 amide bonds. The summed E-state index contributed by atoms with van der Waals surface area (Å²) >= 11 is 1.80. The average Bonchev–Trinajstić information content (AvgIpc) is 3.95. The highest BCUT2D eigenvalue weighted by Crippen LogP contribution is 2.41. The quantitative estimate of drug-likeness (QED) is 0.176. The number of hydrogen-bond donors (Lipinski definition) is 0. The third-order valence-electron chi connectivity index (χ3n) is 11.1. The van der Waals surface area contributed by atoms with Gasteiger partial charge in [0.05, 0.1) is 11.0 Å². The molecule has 0 bridgehead atoms. The molecule has 0 fully saturated rings. The van der Waals surface area contributed by atoms with Gasteiger partial charge in [0.25, 0.3) is 0 Å². The zero-order valence-electron chi connectivity index (χ0n) is 30.4. The third kappa shape index (κ3) is 5.12. The van der Waals surface area contributed by atoms with Crippen molar-refractivity contribution in [3.05, 3.63) is 182 Å². The summed E-state index contributed by atoms with van der Waals surface area (Å²) in [5.41, 5.74) is 10.1. The van der Waals surface area contributed by atoms with E-state index in [-0.39, 0.29) is 0 Å². The van der Waals surface area contributed by atoms with Crippen LogP contribution in [0.1, 0.15) is 0 Å². The Morgan fingerprint density at radius 3 is 1.88 bits per heavy atom. The zero-order valence-corrected chi connectivity index (χ0v) is 31.2. The maximum Gasteiger partial charge on any atom is 0.164 e. The molecule has 266 valence electrons. The normalized spacial score (nSPS) is 11.9. The Morgan fingerprint density at radius 2 is 1.02 bits per heavy atom. The van der Waals surface area contributed by atoms with Crippen molar-refractivity contribution in [3.63, 3.8) is 0 Å². The Labute approximate surface area is 330 Å². The van der Waals surface area contributed by atoms with E-state index >= 15 is 0 Å². The Bertz CT molecular complexity index is 3530. The molecule has 0 aliphatic carbocycles. The van der Waals surface area contributed by atoms with Gasteiger partial charge in [0.1, 0.15) is 11.2 Å². The molecular formula is C51H30N4OS. The number of furan rings is 1. The molecule has 0 aliphatic heterocycles. The van der Waals surface area contributed by atoms with Crippen LogP contribution in [0, 0.1) is 0 Å². The summed E-state index contributed by atoms with van der Waals surface area (Å²) < 4.78 is 11.4. The lowest BCUT2D eigenvalue weighted by atomic mass is 9.99. The summed E-state index contributed by atoms with van der Waals surface area (Å²) in [5.74, 6) is 1.85. The molecule has 12 aromatic rings. The molecule has 0 aliphatic rings. The van der Waals surface area contributed by atoms with Crippen LogP contribution in [0.25, 0.3) is 115 Å². The smallest absolute Gasteiger partial charge is 0.164 e. The molecule has 0 saturated heterocycles.